The number of benzene rings is 10. The fourth-order valence-corrected chi connectivity index (χ4v) is 14.1. The van der Waals surface area contributed by atoms with Crippen molar-refractivity contribution in [3.05, 3.63) is 321 Å². The minimum atomic E-state index is -0.446. The Morgan fingerprint density at radius 3 is 0.623 bits per heavy atom. The SMILES string of the molecule is CC(C)(C)C=P.[Au].[C-]#Cc1ccc(C)cc1.[C-]#[O+].[Cl][Ru+].c1ccc(P(c2ccccc2)c2ccccc2)cc1.c1ccc(P(c2ccccc2)c2ccccc2)cc1.c1ccc(P(c2ccccc2)c2ccccc2)cc1. The van der Waals surface area contributed by atoms with Gasteiger partial charge in [-0.2, -0.15) is 0 Å². The molecule has 1 radical (unpaired) electrons. The van der Waals surface area contributed by atoms with Crippen LogP contribution >= 0.6 is 42.3 Å². The average Bonchev–Trinajstić information content (AvgIpc) is 3.50. The Bertz CT molecular complexity index is 2550. The van der Waals surface area contributed by atoms with E-state index in [1.807, 2.05) is 54.3 Å². The van der Waals surface area contributed by atoms with Crippen LogP contribution in [0, 0.1) is 31.3 Å². The van der Waals surface area contributed by atoms with Gasteiger partial charge >= 0.3 is 38.3 Å². The third-order valence-electron chi connectivity index (χ3n) is 10.8. The van der Waals surface area contributed by atoms with Crippen LogP contribution in [0.1, 0.15) is 31.9 Å². The van der Waals surface area contributed by atoms with Gasteiger partial charge < -0.3 is 6.42 Å². The second-order valence-electron chi connectivity index (χ2n) is 17.5. The Hall–Kier alpha value is -5.39. The van der Waals surface area contributed by atoms with Gasteiger partial charge in [-0.3, -0.25) is 5.92 Å². The number of aryl methyl sites for hydroxylation is 1. The fraction of sp³-hybridized carbons (Fsp3) is 0.0725. The Kier molecular flexibility index (Phi) is 33.4. The van der Waals surface area contributed by atoms with E-state index in [1.165, 1.54) is 53.3 Å². The molecule has 8 heteroatoms. The van der Waals surface area contributed by atoms with Crippen LogP contribution < -0.4 is 47.7 Å². The Labute approximate surface area is 496 Å². The van der Waals surface area contributed by atoms with E-state index in [9.17, 15) is 0 Å². The monoisotopic (exact) mass is 1370 g/mol. The van der Waals surface area contributed by atoms with Gasteiger partial charge in [-0.25, -0.2) is 0 Å². The summed E-state index contributed by atoms with van der Waals surface area (Å²) in [5.74, 6) is 4.30. The van der Waals surface area contributed by atoms with Crippen molar-refractivity contribution in [2.24, 2.45) is 5.41 Å². The van der Waals surface area contributed by atoms with Crippen molar-refractivity contribution in [1.82, 2.24) is 0 Å². The van der Waals surface area contributed by atoms with Crippen molar-refractivity contribution in [3.63, 3.8) is 0 Å². The molecule has 10 aromatic rings. The van der Waals surface area contributed by atoms with Gasteiger partial charge in [0.2, 0.25) is 0 Å². The first-order chi connectivity index (χ1) is 37.2. The first-order valence-electron chi connectivity index (χ1n) is 24.4. The van der Waals surface area contributed by atoms with E-state index in [4.69, 9.17) is 11.1 Å². The molecule has 0 atom stereocenters. The number of hydrogen-bond acceptors (Lipinski definition) is 0. The van der Waals surface area contributed by atoms with Crippen LogP contribution in [0.4, 0.5) is 0 Å². The molecule has 0 N–H and O–H groups in total. The second-order valence-corrected chi connectivity index (χ2v) is 24.5. The third kappa shape index (κ3) is 24.0. The van der Waals surface area contributed by atoms with E-state index in [1.54, 1.807) is 0 Å². The van der Waals surface area contributed by atoms with E-state index in [2.05, 4.69) is 325 Å². The molecule has 10 aromatic carbocycles. The molecule has 0 saturated carbocycles. The van der Waals surface area contributed by atoms with Crippen LogP contribution in [-0.2, 0) is 44.3 Å². The molecule has 0 fully saturated rings. The molecule has 0 spiro atoms. The van der Waals surface area contributed by atoms with Crippen LogP contribution in [0.25, 0.3) is 0 Å². The summed E-state index contributed by atoms with van der Waals surface area (Å²) in [6, 6.07) is 105. The number of hydrogen-bond donors (Lipinski definition) is 0. The number of rotatable bonds is 9. The molecule has 0 saturated heterocycles. The van der Waals surface area contributed by atoms with E-state index in [0.29, 0.717) is 5.41 Å². The van der Waals surface area contributed by atoms with Crippen molar-refractivity contribution >= 4 is 95.9 Å². The molecule has 0 aromatic heterocycles. The predicted molar refractivity (Wildman–Crippen MR) is 336 cm³/mol. The molecule has 0 aliphatic heterocycles. The Morgan fingerprint density at radius 2 is 0.506 bits per heavy atom. The van der Waals surface area contributed by atoms with Gasteiger partial charge in [0.1, 0.15) is 0 Å². The molecule has 77 heavy (non-hydrogen) atoms. The molecule has 0 aliphatic carbocycles. The first-order valence-corrected chi connectivity index (χ1v) is 31.3. The molecule has 0 unspecified atom stereocenters. The zero-order valence-corrected chi connectivity index (χ0v) is 52.0. The largest absolute Gasteiger partial charge is 0.0622 e. The fourth-order valence-electron chi connectivity index (χ4n) is 7.17. The summed E-state index contributed by atoms with van der Waals surface area (Å²) in [4.78, 5) is 0. The maximum absolute atomic E-state index is 7.50. The minimum Gasteiger partial charge on any atom is -0.0622 e. The Balaban J connectivity index is 0.000000260. The third-order valence-corrected chi connectivity index (χ3v) is 19.0. The van der Waals surface area contributed by atoms with Crippen molar-refractivity contribution in [2.75, 3.05) is 0 Å². The van der Waals surface area contributed by atoms with E-state index < -0.39 is 23.8 Å². The van der Waals surface area contributed by atoms with Crippen LogP contribution in [-0.4, -0.2) is 5.80 Å². The zero-order chi connectivity index (χ0) is 54.6. The van der Waals surface area contributed by atoms with Crippen molar-refractivity contribution < 1.29 is 44.3 Å². The summed E-state index contributed by atoms with van der Waals surface area (Å²) in [5, 5.41) is 12.6. The normalized spacial score (nSPS) is 9.79. The summed E-state index contributed by atoms with van der Waals surface area (Å²) in [6.07, 6.45) is 6.76. The molecule has 391 valence electrons. The molecular formula is C69H63AuClOP4Ru. The number of halogens is 1. The van der Waals surface area contributed by atoms with Gasteiger partial charge in [-0.1, -0.05) is 317 Å². The van der Waals surface area contributed by atoms with Crippen LogP contribution in [0.3, 0.4) is 0 Å². The summed E-state index contributed by atoms with van der Waals surface area (Å²) < 4.78 is 7.50. The Morgan fingerprint density at radius 1 is 0.364 bits per heavy atom. The molecule has 0 aliphatic rings. The van der Waals surface area contributed by atoms with Gasteiger partial charge in [0, 0.05) is 22.4 Å². The maximum atomic E-state index is 7.50. The van der Waals surface area contributed by atoms with E-state index >= 15 is 0 Å². The van der Waals surface area contributed by atoms with Gasteiger partial charge in [0.25, 0.3) is 0 Å². The van der Waals surface area contributed by atoms with Crippen LogP contribution in [0.5, 0.6) is 0 Å². The minimum absolute atomic E-state index is 0. The molecule has 0 amide bonds. The van der Waals surface area contributed by atoms with Crippen molar-refractivity contribution in [2.45, 2.75) is 27.7 Å². The zero-order valence-electron chi connectivity index (χ0n) is 43.7. The van der Waals surface area contributed by atoms with Gasteiger partial charge in [0.15, 0.2) is 0 Å². The molecule has 10 rings (SSSR count). The van der Waals surface area contributed by atoms with Crippen molar-refractivity contribution in [3.8, 4) is 5.92 Å². The summed E-state index contributed by atoms with van der Waals surface area (Å²) in [6.45, 7) is 12.9. The molecule has 0 heterocycles. The average molecular weight is 1370 g/mol. The quantitative estimate of drug-likeness (QED) is 0.0451. The van der Waals surface area contributed by atoms with Crippen LogP contribution in [0.15, 0.2) is 297 Å². The summed E-state index contributed by atoms with van der Waals surface area (Å²) in [7, 11) is 6.52. The second kappa shape index (κ2) is 39.0. The van der Waals surface area contributed by atoms with E-state index in [0.717, 1.165) is 5.56 Å². The van der Waals surface area contributed by atoms with Gasteiger partial charge in [-0.05, 0) is 83.8 Å². The summed E-state index contributed by atoms with van der Waals surface area (Å²) in [5.41, 5.74) is 2.38. The smallest absolute Gasteiger partial charge is 0.0134 e. The topological polar surface area (TPSA) is 19.9 Å². The van der Waals surface area contributed by atoms with Crippen LogP contribution in [0.2, 0.25) is 0 Å². The maximum Gasteiger partial charge on any atom is -0.0134 e. The van der Waals surface area contributed by atoms with Gasteiger partial charge in [-0.15, -0.1) is 26.6 Å². The van der Waals surface area contributed by atoms with E-state index in [-0.39, 0.29) is 22.4 Å². The molecular weight excluding hydrogens is 1300 g/mol. The van der Waals surface area contributed by atoms with Gasteiger partial charge in [0.05, 0.1) is 0 Å². The van der Waals surface area contributed by atoms with Crippen molar-refractivity contribution in [1.29, 1.82) is 0 Å². The molecule has 0 bridgehead atoms. The first kappa shape index (κ1) is 65.9. The standard InChI is InChI=1S/3C18H15P.C9H7.C5H11P.CO.Au.ClH.Ru/c3*1-4-10-16(11-5-1)19(17-12-6-2-7-13-17)18-14-8-3-9-15-18;1-3-9-6-4-8(2)5-7-9;1-5(2,3)4-6;1-2;;;/h3*1-15H;4-7H,2H3;4,6H,1-3H3;;;1H;/q;;;-1;;;;;+2/p-1. The summed E-state index contributed by atoms with van der Waals surface area (Å²) >= 11 is 1.82. The molecule has 1 nitrogen and oxygen atoms in total. The predicted octanol–water partition coefficient (Wildman–Crippen LogP) is 14.9.